The van der Waals surface area contributed by atoms with Gasteiger partial charge in [0.25, 0.3) is 0 Å². The molecule has 0 saturated heterocycles. The second kappa shape index (κ2) is 18.7. The van der Waals surface area contributed by atoms with Gasteiger partial charge in [0.2, 0.25) is 11.8 Å². The number of nitrogens with one attached hydrogen (secondary N) is 3. The molecule has 0 fully saturated rings. The van der Waals surface area contributed by atoms with E-state index in [-0.39, 0.29) is 30.2 Å². The van der Waals surface area contributed by atoms with E-state index in [4.69, 9.17) is 4.74 Å². The molecule has 0 aliphatic heterocycles. The lowest BCUT2D eigenvalue weighted by Crippen LogP contribution is -2.58. The molecule has 0 heterocycles. The molecule has 10 heteroatoms. The third kappa shape index (κ3) is 9.25. The molecule has 3 amide bonds. The Hall–Kier alpha value is -5.45. The third-order valence-electron chi connectivity index (χ3n) is 8.83. The highest BCUT2D eigenvalue weighted by molar-refractivity contribution is 7.97. The second-order valence-electron chi connectivity index (χ2n) is 13.1. The van der Waals surface area contributed by atoms with Crippen molar-refractivity contribution in [2.75, 3.05) is 0 Å². The Bertz CT molecular complexity index is 1810. The Kier molecular flexibility index (Phi) is 14.1. The number of nitriles is 1. The minimum Gasteiger partial charge on any atom is -0.445 e. The standard InChI is InChI=1S/C42H47N4O5P/c1-6-35(44-40(48)37(29(2)3)45-41(49)38(30(4)5)46-42(50)51-28-31-19-11-7-12-20-31)39(47)36(27-43)52(32-21-13-8-14-22-32,33-23-15-9-16-24-33)34-25-17-10-18-26-34/h7-26,29-30,35,37-38H,6,28H2,1-5H3,(H,44,48)(H,45,49)(H,46,50)/t35-,37-,38-/m0/s1. The van der Waals surface area contributed by atoms with Crippen LogP contribution in [0.1, 0.15) is 46.6 Å². The first-order valence-corrected chi connectivity index (χ1v) is 19.3. The van der Waals surface area contributed by atoms with Crippen LogP contribution in [0.2, 0.25) is 0 Å². The van der Waals surface area contributed by atoms with E-state index in [9.17, 15) is 24.4 Å². The molecule has 0 spiro atoms. The molecule has 9 nitrogen and oxygen atoms in total. The quantitative estimate of drug-likeness (QED) is 0.144. The van der Waals surface area contributed by atoms with E-state index >= 15 is 0 Å². The zero-order chi connectivity index (χ0) is 37.7. The molecule has 0 unspecified atom stereocenters. The lowest BCUT2D eigenvalue weighted by molar-refractivity contribution is -0.132. The van der Waals surface area contributed by atoms with Crippen molar-refractivity contribution in [2.24, 2.45) is 11.8 Å². The van der Waals surface area contributed by atoms with E-state index in [0.29, 0.717) is 0 Å². The van der Waals surface area contributed by atoms with Gasteiger partial charge in [-0.15, -0.1) is 0 Å². The number of nitrogens with zero attached hydrogens (tertiary/aromatic N) is 1. The van der Waals surface area contributed by atoms with Crippen LogP contribution in [0.4, 0.5) is 4.79 Å². The van der Waals surface area contributed by atoms with Crippen LogP contribution < -0.4 is 31.9 Å². The summed E-state index contributed by atoms with van der Waals surface area (Å²) in [6.45, 7) is 5.89. The first kappa shape index (κ1) is 39.3. The van der Waals surface area contributed by atoms with Gasteiger partial charge in [-0.25, -0.2) is 4.79 Å². The maximum Gasteiger partial charge on any atom is 0.408 e. The van der Waals surface area contributed by atoms with Crippen LogP contribution in [0.25, 0.3) is 0 Å². The van der Waals surface area contributed by atoms with Gasteiger partial charge in [-0.2, -0.15) is 5.26 Å². The molecule has 270 valence electrons. The molecule has 3 atom stereocenters. The van der Waals surface area contributed by atoms with E-state index in [2.05, 4.69) is 22.0 Å². The zero-order valence-corrected chi connectivity index (χ0v) is 31.2. The first-order chi connectivity index (χ1) is 25.0. The molecule has 52 heavy (non-hydrogen) atoms. The number of amides is 3. The Morgan fingerprint density at radius 1 is 0.635 bits per heavy atom. The van der Waals surface area contributed by atoms with Crippen molar-refractivity contribution in [2.45, 2.75) is 65.8 Å². The van der Waals surface area contributed by atoms with E-state index in [1.54, 1.807) is 34.6 Å². The number of hydrogen-bond donors (Lipinski definition) is 3. The average molecular weight is 719 g/mol. The number of Topliss-reactive ketones (excluding diaryl/α,β-unsaturated/α-hetero) is 1. The SMILES string of the molecule is CC[C@H](NC(=O)[C@@H](NC(=O)[C@@H](NC(=O)OCc1ccccc1)C(C)C)C(C)C)C(=O)C(C#N)=P(c1ccccc1)(c1ccccc1)c1ccccc1. The van der Waals surface area contributed by atoms with Gasteiger partial charge in [-0.1, -0.05) is 156 Å². The number of alkyl carbamates (subject to hydrolysis) is 1. The van der Waals surface area contributed by atoms with Gasteiger partial charge in [0.1, 0.15) is 30.1 Å². The average Bonchev–Trinajstić information content (AvgIpc) is 3.17. The molecule has 3 N–H and O–H groups in total. The van der Waals surface area contributed by atoms with Gasteiger partial charge in [-0.3, -0.25) is 14.4 Å². The molecule has 0 radical (unpaired) electrons. The van der Waals surface area contributed by atoms with E-state index < -0.39 is 48.7 Å². The summed E-state index contributed by atoms with van der Waals surface area (Å²) in [7, 11) is 0. The maximum absolute atomic E-state index is 14.7. The summed E-state index contributed by atoms with van der Waals surface area (Å²) < 4.78 is 5.34. The Morgan fingerprint density at radius 2 is 1.04 bits per heavy atom. The third-order valence-corrected chi connectivity index (χ3v) is 13.0. The van der Waals surface area contributed by atoms with Gasteiger partial charge in [-0.05, 0) is 46.6 Å². The van der Waals surface area contributed by atoms with Crippen molar-refractivity contribution in [1.82, 2.24) is 16.0 Å². The summed E-state index contributed by atoms with van der Waals surface area (Å²) in [5.41, 5.74) is 0.798. The Labute approximate surface area is 306 Å². The zero-order valence-electron chi connectivity index (χ0n) is 30.3. The summed E-state index contributed by atoms with van der Waals surface area (Å²) in [4.78, 5) is 54.9. The second-order valence-corrected chi connectivity index (χ2v) is 16.5. The number of hydrogen-bond acceptors (Lipinski definition) is 6. The lowest BCUT2D eigenvalue weighted by atomic mass is 9.99. The summed E-state index contributed by atoms with van der Waals surface area (Å²) in [5.74, 6) is -2.33. The molecular weight excluding hydrogens is 671 g/mol. The van der Waals surface area contributed by atoms with Crippen molar-refractivity contribution >= 4 is 51.8 Å². The monoisotopic (exact) mass is 718 g/mol. The molecule has 0 saturated carbocycles. The van der Waals surface area contributed by atoms with Gasteiger partial charge in [0.15, 0.2) is 5.78 Å². The number of carbonyl (C=O) groups is 4. The lowest BCUT2D eigenvalue weighted by Gasteiger charge is -2.31. The van der Waals surface area contributed by atoms with Crippen LogP contribution >= 0.6 is 6.89 Å². The van der Waals surface area contributed by atoms with E-state index in [1.165, 1.54) is 0 Å². The normalized spacial score (nSPS) is 12.9. The van der Waals surface area contributed by atoms with E-state index in [0.717, 1.165) is 21.5 Å². The number of ketones is 1. The highest BCUT2D eigenvalue weighted by Crippen LogP contribution is 2.46. The minimum absolute atomic E-state index is 0.0344. The number of carbonyl (C=O) groups excluding carboxylic acids is 4. The maximum atomic E-state index is 14.7. The number of rotatable bonds is 15. The van der Waals surface area contributed by atoms with Crippen LogP contribution in [-0.2, 0) is 25.7 Å². The van der Waals surface area contributed by atoms with Gasteiger partial charge in [0, 0.05) is 0 Å². The molecule has 0 aliphatic rings. The fourth-order valence-electron chi connectivity index (χ4n) is 6.07. The predicted octanol–water partition coefficient (Wildman–Crippen LogP) is 5.23. The largest absolute Gasteiger partial charge is 0.445 e. The smallest absolute Gasteiger partial charge is 0.408 e. The van der Waals surface area contributed by atoms with Crippen molar-refractivity contribution in [3.8, 4) is 6.07 Å². The molecule has 4 rings (SSSR count). The van der Waals surface area contributed by atoms with Crippen molar-refractivity contribution in [3.63, 3.8) is 0 Å². The van der Waals surface area contributed by atoms with Gasteiger partial charge < -0.3 is 20.7 Å². The van der Waals surface area contributed by atoms with Crippen molar-refractivity contribution in [1.29, 1.82) is 5.26 Å². The predicted molar refractivity (Wildman–Crippen MR) is 208 cm³/mol. The highest BCUT2D eigenvalue weighted by atomic mass is 31.2. The highest BCUT2D eigenvalue weighted by Gasteiger charge is 2.37. The molecule has 0 aromatic heterocycles. The summed E-state index contributed by atoms with van der Waals surface area (Å²) in [6, 6.07) is 37.1. The molecular formula is C42H47N4O5P. The molecule has 0 bridgehead atoms. The molecule has 0 aliphatic carbocycles. The van der Waals surface area contributed by atoms with Crippen LogP contribution in [0.5, 0.6) is 0 Å². The van der Waals surface area contributed by atoms with E-state index in [1.807, 2.05) is 121 Å². The molecule has 4 aromatic carbocycles. The van der Waals surface area contributed by atoms with Crippen molar-refractivity contribution < 1.29 is 23.9 Å². The summed E-state index contributed by atoms with van der Waals surface area (Å²) in [6.07, 6.45) is -0.558. The van der Waals surface area contributed by atoms with Crippen LogP contribution in [-0.4, -0.2) is 47.1 Å². The summed E-state index contributed by atoms with van der Waals surface area (Å²) in [5, 5.41) is 21.8. The topological polar surface area (TPSA) is 137 Å². The van der Waals surface area contributed by atoms with Crippen molar-refractivity contribution in [3.05, 3.63) is 127 Å². The number of benzene rings is 4. The first-order valence-electron chi connectivity index (χ1n) is 17.5. The molecule has 4 aromatic rings. The summed E-state index contributed by atoms with van der Waals surface area (Å²) >= 11 is 0. The number of ether oxygens (including phenoxy) is 1. The van der Waals surface area contributed by atoms with Crippen LogP contribution in [0.3, 0.4) is 0 Å². The Balaban J connectivity index is 1.65. The van der Waals surface area contributed by atoms with Crippen LogP contribution in [0.15, 0.2) is 121 Å². The fraction of sp³-hybridized carbons (Fsp3) is 0.286. The minimum atomic E-state index is -3.03. The fourth-order valence-corrected chi connectivity index (χ4v) is 10.2. The van der Waals surface area contributed by atoms with Gasteiger partial charge in [0.05, 0.1) is 6.04 Å². The van der Waals surface area contributed by atoms with Crippen LogP contribution in [0, 0.1) is 23.2 Å². The van der Waals surface area contributed by atoms with Gasteiger partial charge >= 0.3 is 6.09 Å². The Morgan fingerprint density at radius 3 is 1.44 bits per heavy atom.